The summed E-state index contributed by atoms with van der Waals surface area (Å²) < 4.78 is 0. The molecule has 0 fully saturated rings. The van der Waals surface area contributed by atoms with Gasteiger partial charge in [0.15, 0.2) is 0 Å². The maximum atomic E-state index is 6.14. The topological polar surface area (TPSA) is 0 Å². The van der Waals surface area contributed by atoms with Crippen LogP contribution in [0.1, 0.15) is 5.56 Å². The van der Waals surface area contributed by atoms with E-state index in [2.05, 4.69) is 0 Å². The maximum Gasteiger partial charge on any atom is 0.0499 e. The molecule has 82 valence electrons. The molecule has 0 aliphatic heterocycles. The Hall–Kier alpha value is -0.690. The molecule has 0 aliphatic rings. The van der Waals surface area contributed by atoms with Crippen molar-refractivity contribution < 1.29 is 0 Å². The summed E-state index contributed by atoms with van der Waals surface area (Å²) in [5.74, 6) is 0. The van der Waals surface area contributed by atoms with Crippen LogP contribution in [0.25, 0.3) is 11.1 Å². The van der Waals surface area contributed by atoms with Crippen molar-refractivity contribution in [3.05, 3.63) is 57.0 Å². The zero-order chi connectivity index (χ0) is 11.7. The Labute approximate surface area is 110 Å². The lowest BCUT2D eigenvalue weighted by molar-refractivity contribution is 1.46. The minimum atomic E-state index is 0.638. The van der Waals surface area contributed by atoms with Gasteiger partial charge in [0.2, 0.25) is 0 Å². The van der Waals surface area contributed by atoms with Gasteiger partial charge in [0.1, 0.15) is 0 Å². The molecule has 2 aromatic rings. The highest BCUT2D eigenvalue weighted by Gasteiger charge is 2.05. The Kier molecular flexibility index (Phi) is 3.44. The first-order chi connectivity index (χ1) is 7.58. The lowest BCUT2D eigenvalue weighted by Crippen LogP contribution is -1.82. The summed E-state index contributed by atoms with van der Waals surface area (Å²) in [4.78, 5) is 0. The molecule has 0 atom stereocenters. The molecule has 0 heterocycles. The minimum Gasteiger partial charge on any atom is -0.0843 e. The van der Waals surface area contributed by atoms with E-state index < -0.39 is 0 Å². The van der Waals surface area contributed by atoms with Crippen molar-refractivity contribution in [3.63, 3.8) is 0 Å². The summed E-state index contributed by atoms with van der Waals surface area (Å²) >= 11 is 18.0. The van der Waals surface area contributed by atoms with Crippen LogP contribution in [-0.2, 0) is 0 Å². The van der Waals surface area contributed by atoms with Crippen molar-refractivity contribution in [2.24, 2.45) is 0 Å². The third-order valence-electron chi connectivity index (χ3n) is 2.40. The highest BCUT2D eigenvalue weighted by molar-refractivity contribution is 6.36. The first-order valence-corrected chi connectivity index (χ1v) is 5.93. The second-order valence-electron chi connectivity index (χ2n) is 3.59. The molecule has 16 heavy (non-hydrogen) atoms. The van der Waals surface area contributed by atoms with E-state index in [0.717, 1.165) is 21.7 Å². The molecule has 2 rings (SSSR count). The summed E-state index contributed by atoms with van der Waals surface area (Å²) in [6.45, 7) is 1.97. The van der Waals surface area contributed by atoms with E-state index >= 15 is 0 Å². The number of hydrogen-bond donors (Lipinski definition) is 0. The van der Waals surface area contributed by atoms with Gasteiger partial charge in [-0.25, -0.2) is 0 Å². The number of halogens is 3. The number of hydrogen-bond acceptors (Lipinski definition) is 0. The maximum absolute atomic E-state index is 6.14. The summed E-state index contributed by atoms with van der Waals surface area (Å²) in [6, 6.07) is 11.3. The molecule has 0 nitrogen and oxygen atoms in total. The number of aryl methyl sites for hydroxylation is 1. The van der Waals surface area contributed by atoms with Gasteiger partial charge < -0.3 is 0 Å². The molecule has 0 unspecified atom stereocenters. The van der Waals surface area contributed by atoms with E-state index in [-0.39, 0.29) is 0 Å². The molecule has 2 aromatic carbocycles. The molecule has 0 saturated carbocycles. The fourth-order valence-corrected chi connectivity index (χ4v) is 2.17. The molecule has 0 spiro atoms. The smallest absolute Gasteiger partial charge is 0.0499 e. The van der Waals surface area contributed by atoms with Crippen LogP contribution in [0.15, 0.2) is 36.4 Å². The zero-order valence-electron chi connectivity index (χ0n) is 8.60. The largest absolute Gasteiger partial charge is 0.0843 e. The van der Waals surface area contributed by atoms with Gasteiger partial charge in [-0.2, -0.15) is 0 Å². The van der Waals surface area contributed by atoms with Crippen LogP contribution in [0.5, 0.6) is 0 Å². The number of benzene rings is 2. The third kappa shape index (κ3) is 2.35. The van der Waals surface area contributed by atoms with Crippen LogP contribution >= 0.6 is 34.8 Å². The molecule has 0 bridgehead atoms. The SMILES string of the molecule is Cc1cc(-c2ccc(Cl)cc2Cl)ccc1Cl. The highest BCUT2D eigenvalue weighted by atomic mass is 35.5. The van der Waals surface area contributed by atoms with Crippen molar-refractivity contribution in [3.8, 4) is 11.1 Å². The third-order valence-corrected chi connectivity index (χ3v) is 3.37. The standard InChI is InChI=1S/C13H9Cl3/c1-8-6-9(2-5-12(8)15)11-4-3-10(14)7-13(11)16/h2-7H,1H3. The summed E-state index contributed by atoms with van der Waals surface area (Å²) in [5.41, 5.74) is 3.04. The van der Waals surface area contributed by atoms with Gasteiger partial charge in [-0.05, 0) is 42.3 Å². The van der Waals surface area contributed by atoms with Gasteiger partial charge in [-0.15, -0.1) is 0 Å². The van der Waals surface area contributed by atoms with Crippen LogP contribution in [0.2, 0.25) is 15.1 Å². The van der Waals surface area contributed by atoms with Gasteiger partial charge in [-0.1, -0.05) is 46.9 Å². The molecular weight excluding hydrogens is 263 g/mol. The van der Waals surface area contributed by atoms with E-state index in [1.165, 1.54) is 0 Å². The molecule has 0 aromatic heterocycles. The number of rotatable bonds is 1. The molecular formula is C13H9Cl3. The van der Waals surface area contributed by atoms with E-state index in [9.17, 15) is 0 Å². The normalized spacial score (nSPS) is 10.5. The average molecular weight is 272 g/mol. The van der Waals surface area contributed by atoms with Gasteiger partial charge in [0, 0.05) is 20.6 Å². The van der Waals surface area contributed by atoms with Crippen molar-refractivity contribution >= 4 is 34.8 Å². The van der Waals surface area contributed by atoms with Gasteiger partial charge >= 0.3 is 0 Å². The van der Waals surface area contributed by atoms with E-state index in [4.69, 9.17) is 34.8 Å². The molecule has 0 amide bonds. The molecule has 0 N–H and O–H groups in total. The molecule has 0 saturated heterocycles. The van der Waals surface area contributed by atoms with Crippen LogP contribution in [0.4, 0.5) is 0 Å². The minimum absolute atomic E-state index is 0.638. The first-order valence-electron chi connectivity index (χ1n) is 4.79. The van der Waals surface area contributed by atoms with Crippen LogP contribution in [0, 0.1) is 6.92 Å². The van der Waals surface area contributed by atoms with E-state index in [1.54, 1.807) is 6.07 Å². The Morgan fingerprint density at radius 3 is 2.19 bits per heavy atom. The predicted molar refractivity (Wildman–Crippen MR) is 71.6 cm³/mol. The van der Waals surface area contributed by atoms with Crippen molar-refractivity contribution in [1.29, 1.82) is 0 Å². The monoisotopic (exact) mass is 270 g/mol. The van der Waals surface area contributed by atoms with Gasteiger partial charge in [0.25, 0.3) is 0 Å². The second-order valence-corrected chi connectivity index (χ2v) is 4.84. The summed E-state index contributed by atoms with van der Waals surface area (Å²) in [6.07, 6.45) is 0. The van der Waals surface area contributed by atoms with Crippen LogP contribution < -0.4 is 0 Å². The Bertz CT molecular complexity index is 533. The fraction of sp³-hybridized carbons (Fsp3) is 0.0769. The first kappa shape index (κ1) is 11.8. The van der Waals surface area contributed by atoms with Gasteiger partial charge in [0.05, 0.1) is 0 Å². The van der Waals surface area contributed by atoms with Crippen molar-refractivity contribution in [2.75, 3.05) is 0 Å². The highest BCUT2D eigenvalue weighted by Crippen LogP contribution is 2.32. The average Bonchev–Trinajstić information content (AvgIpc) is 2.22. The molecule has 0 radical (unpaired) electrons. The van der Waals surface area contributed by atoms with Crippen molar-refractivity contribution in [2.45, 2.75) is 6.92 Å². The van der Waals surface area contributed by atoms with Crippen LogP contribution in [-0.4, -0.2) is 0 Å². The van der Waals surface area contributed by atoms with E-state index in [0.29, 0.717) is 10.0 Å². The lowest BCUT2D eigenvalue weighted by Gasteiger charge is -2.07. The Balaban J connectivity index is 2.54. The summed E-state index contributed by atoms with van der Waals surface area (Å²) in [7, 11) is 0. The Morgan fingerprint density at radius 1 is 0.812 bits per heavy atom. The van der Waals surface area contributed by atoms with E-state index in [1.807, 2.05) is 37.3 Å². The van der Waals surface area contributed by atoms with Crippen molar-refractivity contribution in [1.82, 2.24) is 0 Å². The second kappa shape index (κ2) is 4.67. The molecule has 3 heteroatoms. The Morgan fingerprint density at radius 2 is 1.56 bits per heavy atom. The fourth-order valence-electron chi connectivity index (χ4n) is 1.54. The quantitative estimate of drug-likeness (QED) is 0.631. The summed E-state index contributed by atoms with van der Waals surface area (Å²) in [5, 5.41) is 2.04. The zero-order valence-corrected chi connectivity index (χ0v) is 10.9. The predicted octanol–water partition coefficient (Wildman–Crippen LogP) is 5.62. The lowest BCUT2D eigenvalue weighted by atomic mass is 10.0. The van der Waals surface area contributed by atoms with Gasteiger partial charge in [-0.3, -0.25) is 0 Å². The van der Waals surface area contributed by atoms with Crippen LogP contribution in [0.3, 0.4) is 0 Å². The molecule has 0 aliphatic carbocycles.